The molecule has 1 aromatic heterocycles. The highest BCUT2D eigenvalue weighted by atomic mass is 19.1. The third-order valence-electron chi connectivity index (χ3n) is 4.03. The summed E-state index contributed by atoms with van der Waals surface area (Å²) in [6, 6.07) is 13.4. The van der Waals surface area contributed by atoms with E-state index in [4.69, 9.17) is 5.73 Å². The summed E-state index contributed by atoms with van der Waals surface area (Å²) in [5, 5.41) is 3.30. The van der Waals surface area contributed by atoms with Crippen molar-refractivity contribution in [3.63, 3.8) is 0 Å². The highest BCUT2D eigenvalue weighted by Crippen LogP contribution is 2.34. The van der Waals surface area contributed by atoms with Gasteiger partial charge in [0, 0.05) is 23.5 Å². The molecule has 2 aromatic carbocycles. The normalized spacial score (nSPS) is 12.2. The summed E-state index contributed by atoms with van der Waals surface area (Å²) in [5.41, 5.74) is 9.20. The van der Waals surface area contributed by atoms with Crippen molar-refractivity contribution in [3.8, 4) is 11.1 Å². The number of halogens is 1. The summed E-state index contributed by atoms with van der Waals surface area (Å²) in [6.07, 6.45) is 0. The van der Waals surface area contributed by atoms with Crippen molar-refractivity contribution in [2.24, 2.45) is 5.73 Å². The fraction of sp³-hybridized carbons (Fsp3) is 0.200. The first kappa shape index (κ1) is 17.0. The molecule has 1 unspecified atom stereocenters. The van der Waals surface area contributed by atoms with Gasteiger partial charge in [0.2, 0.25) is 0 Å². The predicted molar refractivity (Wildman–Crippen MR) is 97.7 cm³/mol. The van der Waals surface area contributed by atoms with Crippen LogP contribution in [0.25, 0.3) is 22.0 Å². The molecule has 1 heterocycles. The van der Waals surface area contributed by atoms with Gasteiger partial charge in [-0.3, -0.25) is 9.78 Å². The van der Waals surface area contributed by atoms with Gasteiger partial charge in [0.25, 0.3) is 5.91 Å². The van der Waals surface area contributed by atoms with Crippen LogP contribution in [0.15, 0.2) is 48.5 Å². The molecule has 3 N–H and O–H groups in total. The van der Waals surface area contributed by atoms with Crippen LogP contribution in [0.3, 0.4) is 0 Å². The minimum absolute atomic E-state index is 0.263. The number of nitrogens with zero attached hydrogens (tertiary/aromatic N) is 1. The van der Waals surface area contributed by atoms with E-state index in [1.165, 1.54) is 12.1 Å². The molecular formula is C20H20FN3O. The Bertz CT molecular complexity index is 923. The molecule has 0 aliphatic carbocycles. The van der Waals surface area contributed by atoms with E-state index in [9.17, 15) is 9.18 Å². The molecular weight excluding hydrogens is 317 g/mol. The fourth-order valence-corrected chi connectivity index (χ4v) is 2.97. The summed E-state index contributed by atoms with van der Waals surface area (Å²) in [6.45, 7) is 4.14. The number of nitrogens with one attached hydrogen (secondary N) is 1. The zero-order valence-electron chi connectivity index (χ0n) is 14.2. The molecule has 0 bridgehead atoms. The smallest absolute Gasteiger partial charge is 0.252 e. The van der Waals surface area contributed by atoms with Crippen LogP contribution in [0.5, 0.6) is 0 Å². The number of benzene rings is 2. The van der Waals surface area contributed by atoms with Crippen LogP contribution in [0, 0.1) is 5.82 Å². The number of amides is 1. The van der Waals surface area contributed by atoms with Gasteiger partial charge in [0.15, 0.2) is 0 Å². The molecule has 0 saturated heterocycles. The van der Waals surface area contributed by atoms with Crippen LogP contribution in [-0.4, -0.2) is 17.4 Å². The first-order valence-corrected chi connectivity index (χ1v) is 8.25. The molecule has 0 spiro atoms. The van der Waals surface area contributed by atoms with E-state index >= 15 is 0 Å². The Hall–Kier alpha value is -2.79. The van der Waals surface area contributed by atoms with Crippen LogP contribution >= 0.6 is 0 Å². The van der Waals surface area contributed by atoms with Gasteiger partial charge >= 0.3 is 0 Å². The Morgan fingerprint density at radius 3 is 2.60 bits per heavy atom. The maximum absolute atomic E-state index is 13.9. The SMILES string of the molecule is CCNC(=O)c1c(-c2ccccc2)c(C(C)N)nc2ccc(F)cc12. The number of carbonyl (C=O) groups is 1. The zero-order valence-corrected chi connectivity index (χ0v) is 14.2. The molecule has 0 aliphatic rings. The van der Waals surface area contributed by atoms with Crippen molar-refractivity contribution < 1.29 is 9.18 Å². The lowest BCUT2D eigenvalue weighted by molar-refractivity contribution is 0.0958. The van der Waals surface area contributed by atoms with Gasteiger partial charge in [-0.25, -0.2) is 4.39 Å². The summed E-state index contributed by atoms with van der Waals surface area (Å²) < 4.78 is 13.9. The van der Waals surface area contributed by atoms with Crippen molar-refractivity contribution in [2.45, 2.75) is 19.9 Å². The molecule has 0 radical (unpaired) electrons. The van der Waals surface area contributed by atoms with Crippen LogP contribution in [-0.2, 0) is 0 Å². The molecule has 128 valence electrons. The van der Waals surface area contributed by atoms with E-state index in [0.29, 0.717) is 34.3 Å². The Balaban J connectivity index is 2.46. The number of carbonyl (C=O) groups excluding carboxylic acids is 1. The number of hydrogen-bond donors (Lipinski definition) is 2. The van der Waals surface area contributed by atoms with E-state index in [1.54, 1.807) is 6.07 Å². The summed E-state index contributed by atoms with van der Waals surface area (Å²) in [4.78, 5) is 17.5. The van der Waals surface area contributed by atoms with Crippen LogP contribution < -0.4 is 11.1 Å². The molecule has 1 amide bonds. The van der Waals surface area contributed by atoms with E-state index in [0.717, 1.165) is 5.56 Å². The Morgan fingerprint density at radius 2 is 1.96 bits per heavy atom. The van der Waals surface area contributed by atoms with Crippen LogP contribution in [0.1, 0.15) is 35.9 Å². The second kappa shape index (κ2) is 6.99. The Morgan fingerprint density at radius 1 is 1.24 bits per heavy atom. The largest absolute Gasteiger partial charge is 0.352 e. The average molecular weight is 337 g/mol. The molecule has 1 atom stereocenters. The third-order valence-corrected chi connectivity index (χ3v) is 4.03. The van der Waals surface area contributed by atoms with E-state index < -0.39 is 5.82 Å². The highest BCUT2D eigenvalue weighted by molar-refractivity contribution is 6.12. The van der Waals surface area contributed by atoms with Crippen LogP contribution in [0.2, 0.25) is 0 Å². The van der Waals surface area contributed by atoms with Gasteiger partial charge in [-0.15, -0.1) is 0 Å². The number of aromatic nitrogens is 1. The average Bonchev–Trinajstić information content (AvgIpc) is 2.60. The Labute approximate surface area is 145 Å². The number of hydrogen-bond acceptors (Lipinski definition) is 3. The van der Waals surface area contributed by atoms with Crippen molar-refractivity contribution in [1.29, 1.82) is 0 Å². The molecule has 25 heavy (non-hydrogen) atoms. The van der Waals surface area contributed by atoms with Gasteiger partial charge in [0.05, 0.1) is 16.8 Å². The first-order chi connectivity index (χ1) is 12.0. The van der Waals surface area contributed by atoms with E-state index in [2.05, 4.69) is 10.3 Å². The monoisotopic (exact) mass is 337 g/mol. The van der Waals surface area contributed by atoms with Crippen molar-refractivity contribution in [3.05, 3.63) is 65.6 Å². The number of pyridine rings is 1. The van der Waals surface area contributed by atoms with Gasteiger partial charge in [-0.1, -0.05) is 30.3 Å². The summed E-state index contributed by atoms with van der Waals surface area (Å²) in [5.74, 6) is -0.673. The first-order valence-electron chi connectivity index (χ1n) is 8.25. The minimum Gasteiger partial charge on any atom is -0.352 e. The lowest BCUT2D eigenvalue weighted by atomic mass is 9.92. The van der Waals surface area contributed by atoms with Gasteiger partial charge in [0.1, 0.15) is 5.82 Å². The summed E-state index contributed by atoms with van der Waals surface area (Å²) in [7, 11) is 0. The number of nitrogens with two attached hydrogens (primary N) is 1. The lowest BCUT2D eigenvalue weighted by Gasteiger charge is -2.19. The molecule has 4 nitrogen and oxygen atoms in total. The predicted octanol–water partition coefficient (Wildman–Crippen LogP) is 3.81. The fourth-order valence-electron chi connectivity index (χ4n) is 2.97. The number of fused-ring (bicyclic) bond motifs is 1. The second-order valence-corrected chi connectivity index (χ2v) is 5.92. The van der Waals surface area contributed by atoms with Crippen molar-refractivity contribution >= 4 is 16.8 Å². The second-order valence-electron chi connectivity index (χ2n) is 5.92. The molecule has 0 aliphatic heterocycles. The Kier molecular flexibility index (Phi) is 4.76. The van der Waals surface area contributed by atoms with E-state index in [1.807, 2.05) is 44.2 Å². The minimum atomic E-state index is -0.410. The summed E-state index contributed by atoms with van der Waals surface area (Å²) >= 11 is 0. The quantitative estimate of drug-likeness (QED) is 0.761. The lowest BCUT2D eigenvalue weighted by Crippen LogP contribution is -2.25. The molecule has 0 saturated carbocycles. The molecule has 3 aromatic rings. The third kappa shape index (κ3) is 3.23. The zero-order chi connectivity index (χ0) is 18.0. The molecule has 5 heteroatoms. The van der Waals surface area contributed by atoms with Gasteiger partial charge < -0.3 is 11.1 Å². The molecule has 0 fully saturated rings. The van der Waals surface area contributed by atoms with Crippen molar-refractivity contribution in [2.75, 3.05) is 6.54 Å². The maximum Gasteiger partial charge on any atom is 0.252 e. The highest BCUT2D eigenvalue weighted by Gasteiger charge is 2.23. The number of rotatable bonds is 4. The van der Waals surface area contributed by atoms with Gasteiger partial charge in [-0.05, 0) is 37.6 Å². The van der Waals surface area contributed by atoms with Crippen LogP contribution in [0.4, 0.5) is 4.39 Å². The topological polar surface area (TPSA) is 68.0 Å². The van der Waals surface area contributed by atoms with Gasteiger partial charge in [-0.2, -0.15) is 0 Å². The molecule has 3 rings (SSSR count). The van der Waals surface area contributed by atoms with Crippen molar-refractivity contribution in [1.82, 2.24) is 10.3 Å². The maximum atomic E-state index is 13.9. The van der Waals surface area contributed by atoms with E-state index in [-0.39, 0.29) is 11.9 Å². The standard InChI is InChI=1S/C20H20FN3O/c1-3-23-20(25)18-15-11-14(21)9-10-16(15)24-19(12(2)22)17(18)13-7-5-4-6-8-13/h4-12H,3,22H2,1-2H3,(H,23,25).